The number of hydrogen-bond donors (Lipinski definition) is 6. The summed E-state index contributed by atoms with van der Waals surface area (Å²) < 4.78 is 0. The van der Waals surface area contributed by atoms with E-state index in [9.17, 15) is 14.4 Å². The van der Waals surface area contributed by atoms with Crippen LogP contribution in [0.4, 0.5) is 0 Å². The third-order valence-electron chi connectivity index (χ3n) is 2.51. The Labute approximate surface area is 142 Å². The van der Waals surface area contributed by atoms with Crippen LogP contribution in [0.25, 0.3) is 0 Å². The van der Waals surface area contributed by atoms with Crippen molar-refractivity contribution in [2.24, 2.45) is 17.4 Å². The minimum absolute atomic E-state index is 0.0718. The number of aliphatic carboxylic acids is 3. The Hall–Kier alpha value is -1.36. The van der Waals surface area contributed by atoms with E-state index in [0.717, 1.165) is 6.42 Å². The van der Waals surface area contributed by atoms with Gasteiger partial charge in [0.1, 0.15) is 12.1 Å². The van der Waals surface area contributed by atoms with Crippen LogP contribution < -0.4 is 11.5 Å². The molecular formula is C13H29N3O6S. The molecule has 0 saturated heterocycles. The Balaban J connectivity index is -0.000000264. The van der Waals surface area contributed by atoms with Gasteiger partial charge in [0, 0.05) is 5.75 Å². The van der Waals surface area contributed by atoms with E-state index in [2.05, 4.69) is 12.6 Å². The molecule has 0 spiro atoms. The van der Waals surface area contributed by atoms with Gasteiger partial charge in [-0.05, 0) is 20.0 Å². The number of nitrogens with zero attached hydrogens (tertiary/aromatic N) is 1. The van der Waals surface area contributed by atoms with E-state index in [1.54, 1.807) is 19.0 Å². The molecule has 0 bridgehead atoms. The Morgan fingerprint density at radius 2 is 1.52 bits per heavy atom. The molecular weight excluding hydrogens is 326 g/mol. The topological polar surface area (TPSA) is 167 Å². The van der Waals surface area contributed by atoms with Gasteiger partial charge in [0.25, 0.3) is 0 Å². The third-order valence-corrected chi connectivity index (χ3v) is 2.90. The molecule has 0 fully saturated rings. The summed E-state index contributed by atoms with van der Waals surface area (Å²) in [5.41, 5.74) is 10.2. The van der Waals surface area contributed by atoms with Crippen molar-refractivity contribution in [3.8, 4) is 0 Å². The number of hydrogen-bond acceptors (Lipinski definition) is 7. The Morgan fingerprint density at radius 3 is 1.57 bits per heavy atom. The molecule has 9 nitrogen and oxygen atoms in total. The zero-order valence-electron chi connectivity index (χ0n) is 14.0. The van der Waals surface area contributed by atoms with E-state index >= 15 is 0 Å². The minimum Gasteiger partial charge on any atom is -0.480 e. The van der Waals surface area contributed by atoms with Gasteiger partial charge in [0.15, 0.2) is 0 Å². The molecule has 0 aromatic carbocycles. The zero-order valence-corrected chi connectivity index (χ0v) is 14.9. The van der Waals surface area contributed by atoms with Gasteiger partial charge in [-0.15, -0.1) is 0 Å². The first-order valence-corrected chi connectivity index (χ1v) is 7.47. The van der Waals surface area contributed by atoms with Crippen LogP contribution in [-0.2, 0) is 14.4 Å². The highest BCUT2D eigenvalue weighted by molar-refractivity contribution is 7.80. The fourth-order valence-electron chi connectivity index (χ4n) is 0.846. The molecule has 0 aliphatic heterocycles. The fraction of sp³-hybridized carbons (Fsp3) is 0.769. The summed E-state index contributed by atoms with van der Waals surface area (Å²) in [5.74, 6) is -2.44. The summed E-state index contributed by atoms with van der Waals surface area (Å²) in [6.07, 6.45) is 0.813. The molecule has 0 aromatic rings. The molecule has 0 heterocycles. The number of thiol groups is 1. The van der Waals surface area contributed by atoms with Crippen molar-refractivity contribution in [3.63, 3.8) is 0 Å². The van der Waals surface area contributed by atoms with E-state index in [-0.39, 0.29) is 18.2 Å². The number of carboxylic acid groups (broad SMARTS) is 3. The molecule has 0 unspecified atom stereocenters. The highest BCUT2D eigenvalue weighted by Crippen LogP contribution is 2.04. The number of nitrogens with two attached hydrogens (primary N) is 2. The van der Waals surface area contributed by atoms with E-state index < -0.39 is 30.0 Å². The van der Waals surface area contributed by atoms with Crippen LogP contribution in [0, 0.1) is 5.92 Å². The standard InChI is InChI=1S/C6H13NO2.C4H9NO2.C3H7NO2S/c1-3-4(2)5(7)6(8)9;1-5(2)3-4(6)7;4-2(1-7)3(5)6/h4-5H,3,7H2,1-2H3,(H,8,9);3H2,1-2H3,(H,6,7);2,7H,1,4H2,(H,5,6)/t4-,5-;;2-/m0.0/s1. The summed E-state index contributed by atoms with van der Waals surface area (Å²) in [4.78, 5) is 31.3. The zero-order chi connectivity index (χ0) is 19.2. The lowest BCUT2D eigenvalue weighted by molar-refractivity contribution is -0.140. The maximum atomic E-state index is 10.2. The predicted molar refractivity (Wildman–Crippen MR) is 90.7 cm³/mol. The van der Waals surface area contributed by atoms with Gasteiger partial charge in [-0.3, -0.25) is 19.3 Å². The van der Waals surface area contributed by atoms with Crippen LogP contribution in [0.5, 0.6) is 0 Å². The van der Waals surface area contributed by atoms with Gasteiger partial charge < -0.3 is 26.8 Å². The van der Waals surface area contributed by atoms with Crippen LogP contribution >= 0.6 is 12.6 Å². The smallest absolute Gasteiger partial charge is 0.321 e. The third kappa shape index (κ3) is 20.6. The van der Waals surface area contributed by atoms with Crippen molar-refractivity contribution in [1.82, 2.24) is 4.90 Å². The highest BCUT2D eigenvalue weighted by Gasteiger charge is 2.17. The number of likely N-dealkylation sites (N-methyl/N-ethyl adjacent to an activating group) is 1. The van der Waals surface area contributed by atoms with Crippen LogP contribution in [-0.4, -0.2) is 76.6 Å². The van der Waals surface area contributed by atoms with Crippen molar-refractivity contribution in [3.05, 3.63) is 0 Å². The second-order valence-electron chi connectivity index (χ2n) is 5.01. The fourth-order valence-corrected chi connectivity index (χ4v) is 1.00. The second kappa shape index (κ2) is 15.5. The molecule has 0 rings (SSSR count). The van der Waals surface area contributed by atoms with Gasteiger partial charge in [0.2, 0.25) is 0 Å². The van der Waals surface area contributed by atoms with Crippen LogP contribution in [0.15, 0.2) is 0 Å². The van der Waals surface area contributed by atoms with Gasteiger partial charge in [-0.1, -0.05) is 20.3 Å². The van der Waals surface area contributed by atoms with Gasteiger partial charge in [0.05, 0.1) is 6.54 Å². The van der Waals surface area contributed by atoms with Crippen LogP contribution in [0.1, 0.15) is 20.3 Å². The SMILES string of the molecule is CC[C@H](C)[C@H](N)C(=O)O.CN(C)CC(=O)O.N[C@@H](CS)C(=O)O. The minimum atomic E-state index is -1.00. The van der Waals surface area contributed by atoms with E-state index in [1.807, 2.05) is 13.8 Å². The van der Waals surface area contributed by atoms with Gasteiger partial charge in [-0.2, -0.15) is 12.6 Å². The lowest BCUT2D eigenvalue weighted by Gasteiger charge is -2.11. The molecule has 10 heteroatoms. The number of carbonyl (C=O) groups is 3. The molecule has 0 amide bonds. The molecule has 0 aromatic heterocycles. The molecule has 0 radical (unpaired) electrons. The average Bonchev–Trinajstić information content (AvgIpc) is 2.44. The summed E-state index contributed by atoms with van der Waals surface area (Å²) in [5, 5.41) is 24.4. The normalized spacial score (nSPS) is 13.6. The highest BCUT2D eigenvalue weighted by atomic mass is 32.1. The first-order chi connectivity index (χ1) is 10.4. The lowest BCUT2D eigenvalue weighted by atomic mass is 10.0. The van der Waals surface area contributed by atoms with Crippen molar-refractivity contribution >= 4 is 30.5 Å². The molecule has 0 aliphatic rings. The first-order valence-electron chi connectivity index (χ1n) is 6.84. The van der Waals surface area contributed by atoms with Crippen molar-refractivity contribution in [2.75, 3.05) is 26.4 Å². The summed E-state index contributed by atoms with van der Waals surface area (Å²) >= 11 is 3.65. The molecule has 138 valence electrons. The Kier molecular flexibility index (Phi) is 17.9. The summed E-state index contributed by atoms with van der Waals surface area (Å²) in [6.45, 7) is 3.87. The second-order valence-corrected chi connectivity index (χ2v) is 5.37. The van der Waals surface area contributed by atoms with Gasteiger partial charge >= 0.3 is 17.9 Å². The molecule has 0 aliphatic carbocycles. The molecule has 23 heavy (non-hydrogen) atoms. The van der Waals surface area contributed by atoms with E-state index in [4.69, 9.17) is 26.8 Å². The van der Waals surface area contributed by atoms with Crippen LogP contribution in [0.3, 0.4) is 0 Å². The number of carboxylic acids is 3. The summed E-state index contributed by atoms with van der Waals surface area (Å²) in [7, 11) is 3.43. The average molecular weight is 355 g/mol. The quantitative estimate of drug-likeness (QED) is 0.327. The lowest BCUT2D eigenvalue weighted by Crippen LogP contribution is -2.36. The maximum Gasteiger partial charge on any atom is 0.321 e. The van der Waals surface area contributed by atoms with Crippen molar-refractivity contribution < 1.29 is 29.7 Å². The summed E-state index contributed by atoms with van der Waals surface area (Å²) in [6, 6.07) is -1.52. The van der Waals surface area contributed by atoms with Crippen LogP contribution in [0.2, 0.25) is 0 Å². The molecule has 3 atom stereocenters. The van der Waals surface area contributed by atoms with Crippen molar-refractivity contribution in [2.45, 2.75) is 32.4 Å². The maximum absolute atomic E-state index is 10.2. The Morgan fingerprint density at radius 1 is 1.09 bits per heavy atom. The van der Waals surface area contributed by atoms with E-state index in [0.29, 0.717) is 0 Å². The Bertz CT molecular complexity index is 355. The van der Waals surface area contributed by atoms with Gasteiger partial charge in [-0.25, -0.2) is 0 Å². The predicted octanol–water partition coefficient (Wildman–Crippen LogP) is -0.595. The van der Waals surface area contributed by atoms with Crippen molar-refractivity contribution in [1.29, 1.82) is 0 Å². The largest absolute Gasteiger partial charge is 0.480 e. The molecule has 0 saturated carbocycles. The monoisotopic (exact) mass is 355 g/mol. The first kappa shape index (κ1) is 26.5. The molecule has 7 N–H and O–H groups in total. The van der Waals surface area contributed by atoms with E-state index in [1.165, 1.54) is 0 Å². The number of rotatable bonds is 7.